The lowest BCUT2D eigenvalue weighted by atomic mass is 10.1. The molecule has 0 aromatic heterocycles. The van der Waals surface area contributed by atoms with Crippen LogP contribution in [0.15, 0.2) is 23.1 Å². The molecule has 4 N–H and O–H groups in total. The second-order valence-corrected chi connectivity index (χ2v) is 7.33. The third-order valence-electron chi connectivity index (χ3n) is 3.07. The van der Waals surface area contributed by atoms with Gasteiger partial charge in [-0.05, 0) is 36.8 Å². The minimum atomic E-state index is -3.90. The highest BCUT2D eigenvalue weighted by Gasteiger charge is 2.19. The summed E-state index contributed by atoms with van der Waals surface area (Å²) in [6, 6.07) is 4.07. The van der Waals surface area contributed by atoms with Gasteiger partial charge in [0.05, 0.1) is 10.5 Å². The lowest BCUT2D eigenvalue weighted by molar-refractivity contribution is 0.0697. The molecule has 0 aliphatic carbocycles. The standard InChI is InChI=1S/C12H16N2O4S2/c13-20(17,18)9-3-4-11(10(6-9)12(15)16)14-8-2-1-5-19-7-8/h3-4,6,8,14H,1-2,5,7H2,(H,15,16)(H2,13,17,18). The molecule has 1 aliphatic heterocycles. The number of thioether (sulfide) groups is 1. The fourth-order valence-electron chi connectivity index (χ4n) is 2.08. The Morgan fingerprint density at radius 3 is 2.75 bits per heavy atom. The summed E-state index contributed by atoms with van der Waals surface area (Å²) in [6.45, 7) is 0. The highest BCUT2D eigenvalue weighted by Crippen LogP contribution is 2.25. The van der Waals surface area contributed by atoms with E-state index in [-0.39, 0.29) is 16.5 Å². The molecule has 0 bridgehead atoms. The SMILES string of the molecule is NS(=O)(=O)c1ccc(NC2CCCSC2)c(C(=O)O)c1. The Hall–Kier alpha value is -1.25. The quantitative estimate of drug-likeness (QED) is 0.773. The second-order valence-electron chi connectivity index (χ2n) is 4.62. The fraction of sp³-hybridized carbons (Fsp3) is 0.417. The molecule has 0 amide bonds. The number of nitrogens with one attached hydrogen (secondary N) is 1. The molecular formula is C12H16N2O4S2. The van der Waals surface area contributed by atoms with Crippen molar-refractivity contribution in [1.29, 1.82) is 0 Å². The van der Waals surface area contributed by atoms with Gasteiger partial charge in [0.25, 0.3) is 0 Å². The predicted octanol–water partition coefficient (Wildman–Crippen LogP) is 1.34. The molecule has 1 atom stereocenters. The summed E-state index contributed by atoms with van der Waals surface area (Å²) in [5.41, 5.74) is 0.351. The zero-order valence-electron chi connectivity index (χ0n) is 10.7. The van der Waals surface area contributed by atoms with Crippen LogP contribution in [0.3, 0.4) is 0 Å². The van der Waals surface area contributed by atoms with E-state index in [1.165, 1.54) is 12.1 Å². The van der Waals surface area contributed by atoms with E-state index in [1.54, 1.807) is 0 Å². The van der Waals surface area contributed by atoms with E-state index < -0.39 is 16.0 Å². The average Bonchev–Trinajstić information content (AvgIpc) is 2.38. The van der Waals surface area contributed by atoms with E-state index in [0.717, 1.165) is 30.4 Å². The number of carboxylic acids is 1. The van der Waals surface area contributed by atoms with E-state index in [0.29, 0.717) is 5.69 Å². The topological polar surface area (TPSA) is 109 Å². The summed E-state index contributed by atoms with van der Waals surface area (Å²) in [7, 11) is -3.90. The van der Waals surface area contributed by atoms with Crippen LogP contribution in [0.4, 0.5) is 5.69 Å². The van der Waals surface area contributed by atoms with Gasteiger partial charge in [-0.1, -0.05) is 0 Å². The predicted molar refractivity (Wildman–Crippen MR) is 78.7 cm³/mol. The van der Waals surface area contributed by atoms with Gasteiger partial charge in [0, 0.05) is 17.5 Å². The number of benzene rings is 1. The molecule has 2 rings (SSSR count). The number of nitrogens with two attached hydrogens (primary N) is 1. The van der Waals surface area contributed by atoms with Crippen LogP contribution in [0.25, 0.3) is 0 Å². The molecule has 1 aliphatic rings. The zero-order valence-corrected chi connectivity index (χ0v) is 12.3. The number of anilines is 1. The first-order valence-electron chi connectivity index (χ1n) is 6.12. The lowest BCUT2D eigenvalue weighted by Crippen LogP contribution is -2.26. The summed E-state index contributed by atoms with van der Waals surface area (Å²) in [6.07, 6.45) is 2.06. The normalized spacial score (nSPS) is 19.6. The van der Waals surface area contributed by atoms with Crippen molar-refractivity contribution in [1.82, 2.24) is 0 Å². The van der Waals surface area contributed by atoms with Crippen LogP contribution in [0.2, 0.25) is 0 Å². The van der Waals surface area contributed by atoms with E-state index in [2.05, 4.69) is 5.32 Å². The van der Waals surface area contributed by atoms with Crippen molar-refractivity contribution in [2.24, 2.45) is 5.14 Å². The van der Waals surface area contributed by atoms with Gasteiger partial charge in [0.1, 0.15) is 0 Å². The number of rotatable bonds is 4. The molecule has 8 heteroatoms. The average molecular weight is 316 g/mol. The first kappa shape index (κ1) is 15.1. The van der Waals surface area contributed by atoms with Gasteiger partial charge in [0.2, 0.25) is 10.0 Å². The van der Waals surface area contributed by atoms with Gasteiger partial charge in [0.15, 0.2) is 0 Å². The van der Waals surface area contributed by atoms with E-state index in [9.17, 15) is 18.3 Å². The largest absolute Gasteiger partial charge is 0.478 e. The van der Waals surface area contributed by atoms with Crippen molar-refractivity contribution >= 4 is 33.4 Å². The Kier molecular flexibility index (Phi) is 4.56. The van der Waals surface area contributed by atoms with Crippen molar-refractivity contribution in [3.8, 4) is 0 Å². The first-order chi connectivity index (χ1) is 9.38. The number of hydrogen-bond donors (Lipinski definition) is 3. The van der Waals surface area contributed by atoms with Gasteiger partial charge in [-0.15, -0.1) is 0 Å². The van der Waals surface area contributed by atoms with Crippen molar-refractivity contribution < 1.29 is 18.3 Å². The molecule has 1 aromatic carbocycles. The van der Waals surface area contributed by atoms with Crippen LogP contribution in [0.5, 0.6) is 0 Å². The van der Waals surface area contributed by atoms with Crippen LogP contribution in [0, 0.1) is 0 Å². The van der Waals surface area contributed by atoms with Gasteiger partial charge >= 0.3 is 5.97 Å². The summed E-state index contributed by atoms with van der Waals surface area (Å²) >= 11 is 1.82. The van der Waals surface area contributed by atoms with E-state index in [1.807, 2.05) is 11.8 Å². The molecule has 6 nitrogen and oxygen atoms in total. The number of hydrogen-bond acceptors (Lipinski definition) is 5. The van der Waals surface area contributed by atoms with Crippen LogP contribution in [-0.4, -0.2) is 37.0 Å². The third-order valence-corrected chi connectivity index (χ3v) is 5.20. The summed E-state index contributed by atoms with van der Waals surface area (Å²) in [5, 5.41) is 17.4. The third kappa shape index (κ3) is 3.65. The highest BCUT2D eigenvalue weighted by molar-refractivity contribution is 7.99. The van der Waals surface area contributed by atoms with Crippen molar-refractivity contribution in [3.05, 3.63) is 23.8 Å². The molecule has 0 spiro atoms. The number of carbonyl (C=O) groups is 1. The van der Waals surface area contributed by atoms with E-state index >= 15 is 0 Å². The number of aromatic carboxylic acids is 1. The molecular weight excluding hydrogens is 300 g/mol. The molecule has 0 radical (unpaired) electrons. The number of sulfonamides is 1. The Morgan fingerprint density at radius 1 is 1.45 bits per heavy atom. The Morgan fingerprint density at radius 2 is 2.20 bits per heavy atom. The molecule has 1 aromatic rings. The van der Waals surface area contributed by atoms with Crippen molar-refractivity contribution in [3.63, 3.8) is 0 Å². The first-order valence-corrected chi connectivity index (χ1v) is 8.82. The minimum Gasteiger partial charge on any atom is -0.478 e. The molecule has 0 saturated carbocycles. The van der Waals surface area contributed by atoms with Gasteiger partial charge in [-0.2, -0.15) is 11.8 Å². The minimum absolute atomic E-state index is 0.0768. The van der Waals surface area contributed by atoms with E-state index in [4.69, 9.17) is 5.14 Å². The maximum absolute atomic E-state index is 11.3. The number of carboxylic acid groups (broad SMARTS) is 1. The van der Waals surface area contributed by atoms with Crippen LogP contribution >= 0.6 is 11.8 Å². The molecule has 20 heavy (non-hydrogen) atoms. The lowest BCUT2D eigenvalue weighted by Gasteiger charge is -2.24. The molecule has 1 fully saturated rings. The highest BCUT2D eigenvalue weighted by atomic mass is 32.2. The molecule has 1 saturated heterocycles. The zero-order chi connectivity index (χ0) is 14.8. The van der Waals surface area contributed by atoms with Crippen LogP contribution < -0.4 is 10.5 Å². The smallest absolute Gasteiger partial charge is 0.337 e. The second kappa shape index (κ2) is 6.02. The van der Waals surface area contributed by atoms with Gasteiger partial charge in [-0.25, -0.2) is 18.4 Å². The maximum Gasteiger partial charge on any atom is 0.337 e. The van der Waals surface area contributed by atoms with Crippen LogP contribution in [-0.2, 0) is 10.0 Å². The summed E-state index contributed by atoms with van der Waals surface area (Å²) in [5.74, 6) is 0.853. The van der Waals surface area contributed by atoms with Crippen LogP contribution in [0.1, 0.15) is 23.2 Å². The monoisotopic (exact) mass is 316 g/mol. The maximum atomic E-state index is 11.3. The summed E-state index contributed by atoms with van der Waals surface area (Å²) < 4.78 is 22.5. The molecule has 1 unspecified atom stereocenters. The number of primary sulfonamides is 1. The van der Waals surface area contributed by atoms with Crippen molar-refractivity contribution in [2.75, 3.05) is 16.8 Å². The molecule has 110 valence electrons. The Labute approximate surface area is 121 Å². The Bertz CT molecular complexity index is 610. The van der Waals surface area contributed by atoms with Gasteiger partial charge < -0.3 is 10.4 Å². The summed E-state index contributed by atoms with van der Waals surface area (Å²) in [4.78, 5) is 11.1. The molecule has 1 heterocycles. The van der Waals surface area contributed by atoms with Crippen molar-refractivity contribution in [2.45, 2.75) is 23.8 Å². The fourth-order valence-corrected chi connectivity index (χ4v) is 3.69. The van der Waals surface area contributed by atoms with Gasteiger partial charge in [-0.3, -0.25) is 0 Å². The Balaban J connectivity index is 2.30.